The van der Waals surface area contributed by atoms with Crippen LogP contribution in [-0.4, -0.2) is 10.8 Å². The lowest BCUT2D eigenvalue weighted by molar-refractivity contribution is 0.101. The normalized spacial score (nSPS) is 10.2. The highest BCUT2D eigenvalue weighted by Gasteiger charge is 2.17. The molecule has 0 aliphatic rings. The fraction of sp³-hybridized carbons (Fsp3) is 0.143. The van der Waals surface area contributed by atoms with Gasteiger partial charge in [0.15, 0.2) is 5.78 Å². The SMILES string of the molecule is CC(=O)c1nc(Cl)c(Cl)c(Cl)c1Cl. The van der Waals surface area contributed by atoms with Crippen molar-refractivity contribution >= 4 is 52.2 Å². The van der Waals surface area contributed by atoms with Crippen LogP contribution in [0.25, 0.3) is 0 Å². The van der Waals surface area contributed by atoms with Crippen LogP contribution in [0.5, 0.6) is 0 Å². The van der Waals surface area contributed by atoms with Gasteiger partial charge in [-0.1, -0.05) is 46.4 Å². The molecule has 0 spiro atoms. The number of carbonyl (C=O) groups is 1. The smallest absolute Gasteiger partial charge is 0.179 e. The van der Waals surface area contributed by atoms with Crippen LogP contribution in [0.1, 0.15) is 17.4 Å². The van der Waals surface area contributed by atoms with Crippen LogP contribution in [0.15, 0.2) is 0 Å². The molecule has 0 aromatic carbocycles. The average molecular weight is 259 g/mol. The maximum atomic E-state index is 11.0. The van der Waals surface area contributed by atoms with Crippen molar-refractivity contribution in [3.63, 3.8) is 0 Å². The van der Waals surface area contributed by atoms with Crippen LogP contribution in [0, 0.1) is 0 Å². The molecular formula is C7H3Cl4NO. The number of halogens is 4. The molecule has 0 aliphatic heterocycles. The predicted molar refractivity (Wildman–Crippen MR) is 54.3 cm³/mol. The van der Waals surface area contributed by atoms with Crippen molar-refractivity contribution in [3.05, 3.63) is 25.9 Å². The number of hydrogen-bond donors (Lipinski definition) is 0. The molecule has 0 aliphatic carbocycles. The van der Waals surface area contributed by atoms with Crippen molar-refractivity contribution in [1.82, 2.24) is 4.98 Å². The molecule has 70 valence electrons. The Morgan fingerprint density at radius 1 is 1.08 bits per heavy atom. The van der Waals surface area contributed by atoms with Gasteiger partial charge in [-0.05, 0) is 0 Å². The van der Waals surface area contributed by atoms with Crippen LogP contribution in [0.2, 0.25) is 20.2 Å². The van der Waals surface area contributed by atoms with Crippen molar-refractivity contribution < 1.29 is 4.79 Å². The number of Topliss-reactive ketones (excluding diaryl/α,β-unsaturated/α-hetero) is 1. The monoisotopic (exact) mass is 257 g/mol. The van der Waals surface area contributed by atoms with E-state index >= 15 is 0 Å². The number of hydrogen-bond acceptors (Lipinski definition) is 2. The van der Waals surface area contributed by atoms with Gasteiger partial charge in [0.05, 0.1) is 15.1 Å². The zero-order valence-corrected chi connectivity index (χ0v) is 9.39. The second kappa shape index (κ2) is 4.01. The van der Waals surface area contributed by atoms with Gasteiger partial charge >= 0.3 is 0 Å². The lowest BCUT2D eigenvalue weighted by Crippen LogP contribution is -1.99. The Hall–Kier alpha value is -0.0200. The minimum Gasteiger partial charge on any atom is -0.293 e. The minimum atomic E-state index is -0.314. The van der Waals surface area contributed by atoms with Crippen molar-refractivity contribution in [3.8, 4) is 0 Å². The number of carbonyl (C=O) groups excluding carboxylic acids is 1. The summed E-state index contributed by atoms with van der Waals surface area (Å²) in [5.41, 5.74) is 0.0288. The molecule has 1 aromatic heterocycles. The highest BCUT2D eigenvalue weighted by molar-refractivity contribution is 6.52. The second-order valence-corrected chi connectivity index (χ2v) is 3.74. The molecule has 0 amide bonds. The molecule has 0 saturated heterocycles. The first kappa shape index (κ1) is 11.1. The highest BCUT2D eigenvalue weighted by atomic mass is 35.5. The number of ketones is 1. The summed E-state index contributed by atoms with van der Waals surface area (Å²) in [7, 11) is 0. The van der Waals surface area contributed by atoms with Crippen molar-refractivity contribution in [2.75, 3.05) is 0 Å². The van der Waals surface area contributed by atoms with Gasteiger partial charge in [-0.2, -0.15) is 0 Å². The Morgan fingerprint density at radius 3 is 2.08 bits per heavy atom. The fourth-order valence-electron chi connectivity index (χ4n) is 0.720. The standard InChI is InChI=1S/C7H3Cl4NO/c1-2(13)6-4(9)3(8)5(10)7(11)12-6/h1H3. The predicted octanol–water partition coefficient (Wildman–Crippen LogP) is 3.90. The first-order valence-corrected chi connectivity index (χ1v) is 4.67. The summed E-state index contributed by atoms with van der Waals surface area (Å²) in [5, 5.41) is 0.108. The molecule has 6 heteroatoms. The molecule has 2 nitrogen and oxygen atoms in total. The lowest BCUT2D eigenvalue weighted by atomic mass is 10.3. The minimum absolute atomic E-state index is 0.0266. The molecule has 0 bridgehead atoms. The molecule has 13 heavy (non-hydrogen) atoms. The first-order valence-electron chi connectivity index (χ1n) is 3.16. The van der Waals surface area contributed by atoms with Gasteiger partial charge in [0.25, 0.3) is 0 Å². The summed E-state index contributed by atoms with van der Waals surface area (Å²) >= 11 is 22.6. The number of aromatic nitrogens is 1. The molecule has 1 heterocycles. The van der Waals surface area contributed by atoms with Crippen LogP contribution < -0.4 is 0 Å². The number of nitrogens with zero attached hydrogens (tertiary/aromatic N) is 1. The molecule has 0 unspecified atom stereocenters. The van der Waals surface area contributed by atoms with Gasteiger partial charge in [-0.15, -0.1) is 0 Å². The third-order valence-corrected chi connectivity index (χ3v) is 3.00. The highest BCUT2D eigenvalue weighted by Crippen LogP contribution is 2.36. The third-order valence-electron chi connectivity index (χ3n) is 1.32. The van der Waals surface area contributed by atoms with Crippen LogP contribution in [-0.2, 0) is 0 Å². The Kier molecular flexibility index (Phi) is 3.41. The topological polar surface area (TPSA) is 30.0 Å². The van der Waals surface area contributed by atoms with E-state index in [4.69, 9.17) is 46.4 Å². The largest absolute Gasteiger partial charge is 0.293 e. The summed E-state index contributed by atoms with van der Waals surface area (Å²) in [6.07, 6.45) is 0. The van der Waals surface area contributed by atoms with Gasteiger partial charge in [-0.3, -0.25) is 4.79 Å². The van der Waals surface area contributed by atoms with E-state index in [9.17, 15) is 4.79 Å². The zero-order valence-electron chi connectivity index (χ0n) is 6.37. The fourth-order valence-corrected chi connectivity index (χ4v) is 1.58. The molecule has 0 radical (unpaired) electrons. The number of rotatable bonds is 1. The Morgan fingerprint density at radius 2 is 1.62 bits per heavy atom. The molecule has 0 fully saturated rings. The quantitative estimate of drug-likeness (QED) is 0.565. The first-order chi connectivity index (χ1) is 5.95. The summed E-state index contributed by atoms with van der Waals surface area (Å²) in [4.78, 5) is 14.7. The Bertz CT molecular complexity index is 377. The van der Waals surface area contributed by atoms with E-state index in [2.05, 4.69) is 4.98 Å². The van der Waals surface area contributed by atoms with E-state index in [-0.39, 0.29) is 31.7 Å². The maximum absolute atomic E-state index is 11.0. The summed E-state index contributed by atoms with van der Waals surface area (Å²) in [6.45, 7) is 1.31. The van der Waals surface area contributed by atoms with Crippen molar-refractivity contribution in [2.24, 2.45) is 0 Å². The molecule has 0 atom stereocenters. The lowest BCUT2D eigenvalue weighted by Gasteiger charge is -2.04. The van der Waals surface area contributed by atoms with E-state index in [1.54, 1.807) is 0 Å². The van der Waals surface area contributed by atoms with Crippen LogP contribution >= 0.6 is 46.4 Å². The van der Waals surface area contributed by atoms with Gasteiger partial charge in [0.1, 0.15) is 10.8 Å². The van der Waals surface area contributed by atoms with Gasteiger partial charge in [0.2, 0.25) is 0 Å². The van der Waals surface area contributed by atoms with E-state index in [0.29, 0.717) is 0 Å². The van der Waals surface area contributed by atoms with E-state index < -0.39 is 0 Å². The third kappa shape index (κ3) is 2.08. The maximum Gasteiger partial charge on any atom is 0.179 e. The van der Waals surface area contributed by atoms with E-state index in [0.717, 1.165) is 0 Å². The molecule has 0 N–H and O–H groups in total. The van der Waals surface area contributed by atoms with Crippen LogP contribution in [0.3, 0.4) is 0 Å². The van der Waals surface area contributed by atoms with Crippen molar-refractivity contribution in [2.45, 2.75) is 6.92 Å². The van der Waals surface area contributed by atoms with Gasteiger partial charge in [0, 0.05) is 6.92 Å². The molecule has 1 aromatic rings. The zero-order chi connectivity index (χ0) is 10.2. The van der Waals surface area contributed by atoms with Crippen LogP contribution in [0.4, 0.5) is 0 Å². The Labute approximate surface area is 94.8 Å². The average Bonchev–Trinajstić information content (AvgIpc) is 2.07. The van der Waals surface area contributed by atoms with Gasteiger partial charge < -0.3 is 0 Å². The summed E-state index contributed by atoms with van der Waals surface area (Å²) < 4.78 is 0. The summed E-state index contributed by atoms with van der Waals surface area (Å²) in [5.74, 6) is -0.314. The van der Waals surface area contributed by atoms with Gasteiger partial charge in [-0.25, -0.2) is 4.98 Å². The summed E-state index contributed by atoms with van der Waals surface area (Å²) in [6, 6.07) is 0. The second-order valence-electron chi connectivity index (χ2n) is 2.25. The van der Waals surface area contributed by atoms with E-state index in [1.165, 1.54) is 6.92 Å². The van der Waals surface area contributed by atoms with E-state index in [1.807, 2.05) is 0 Å². The molecular weight excluding hydrogens is 256 g/mol. The van der Waals surface area contributed by atoms with Crippen molar-refractivity contribution in [1.29, 1.82) is 0 Å². The molecule has 0 saturated carbocycles. The molecule has 1 rings (SSSR count). The number of pyridine rings is 1. The Balaban J connectivity index is 3.50.